The minimum absolute atomic E-state index is 0.0261. The van der Waals surface area contributed by atoms with E-state index in [0.717, 1.165) is 25.0 Å². The molecule has 134 valence electrons. The molecule has 1 fully saturated rings. The van der Waals surface area contributed by atoms with Crippen molar-refractivity contribution in [2.45, 2.75) is 38.1 Å². The zero-order chi connectivity index (χ0) is 18.0. The van der Waals surface area contributed by atoms with E-state index in [2.05, 4.69) is 5.32 Å². The van der Waals surface area contributed by atoms with Gasteiger partial charge in [-0.05, 0) is 44.0 Å². The SMILES string of the molecule is C[C@@H](NC(=O)c1ccc(-c2cccc(C(F)(F)F)c2)o1)[C@H]1CCCO1. The normalized spacial score (nSPS) is 19.0. The van der Waals surface area contributed by atoms with Crippen molar-refractivity contribution >= 4 is 5.91 Å². The topological polar surface area (TPSA) is 51.5 Å². The first kappa shape index (κ1) is 17.5. The maximum atomic E-state index is 12.8. The first-order valence-corrected chi connectivity index (χ1v) is 8.04. The number of ether oxygens (including phenoxy) is 1. The maximum absolute atomic E-state index is 12.8. The van der Waals surface area contributed by atoms with E-state index in [1.165, 1.54) is 24.3 Å². The number of carbonyl (C=O) groups excluding carboxylic acids is 1. The third-order valence-corrected chi connectivity index (χ3v) is 4.19. The molecule has 1 aromatic carbocycles. The van der Waals surface area contributed by atoms with Gasteiger partial charge in [-0.15, -0.1) is 0 Å². The second-order valence-corrected chi connectivity index (χ2v) is 6.06. The van der Waals surface area contributed by atoms with E-state index in [0.29, 0.717) is 6.61 Å². The Bertz CT molecular complexity index is 748. The molecule has 0 bridgehead atoms. The van der Waals surface area contributed by atoms with Crippen molar-refractivity contribution in [3.05, 3.63) is 47.7 Å². The molecular weight excluding hydrogens is 335 g/mol. The molecule has 1 N–H and O–H groups in total. The smallest absolute Gasteiger partial charge is 0.416 e. The highest BCUT2D eigenvalue weighted by Gasteiger charge is 2.31. The van der Waals surface area contributed by atoms with Crippen molar-refractivity contribution < 1.29 is 27.1 Å². The fourth-order valence-electron chi connectivity index (χ4n) is 2.83. The summed E-state index contributed by atoms with van der Waals surface area (Å²) in [6.07, 6.45) is -2.61. The van der Waals surface area contributed by atoms with Crippen LogP contribution in [0.2, 0.25) is 0 Å². The Morgan fingerprint density at radius 3 is 2.76 bits per heavy atom. The van der Waals surface area contributed by atoms with Crippen LogP contribution in [0.5, 0.6) is 0 Å². The number of nitrogens with one attached hydrogen (secondary N) is 1. The molecule has 25 heavy (non-hydrogen) atoms. The Labute approximate surface area is 143 Å². The first-order valence-electron chi connectivity index (χ1n) is 8.04. The van der Waals surface area contributed by atoms with Gasteiger partial charge < -0.3 is 14.5 Å². The summed E-state index contributed by atoms with van der Waals surface area (Å²) >= 11 is 0. The number of hydrogen-bond donors (Lipinski definition) is 1. The van der Waals surface area contributed by atoms with Crippen molar-refractivity contribution in [2.75, 3.05) is 6.61 Å². The van der Waals surface area contributed by atoms with E-state index in [9.17, 15) is 18.0 Å². The number of furan rings is 1. The van der Waals surface area contributed by atoms with Gasteiger partial charge in [0.2, 0.25) is 0 Å². The Morgan fingerprint density at radius 2 is 2.08 bits per heavy atom. The van der Waals surface area contributed by atoms with Gasteiger partial charge in [-0.2, -0.15) is 13.2 Å². The lowest BCUT2D eigenvalue weighted by molar-refractivity contribution is -0.137. The second kappa shape index (κ2) is 6.92. The van der Waals surface area contributed by atoms with Gasteiger partial charge in [0.25, 0.3) is 5.91 Å². The number of rotatable bonds is 4. The van der Waals surface area contributed by atoms with Gasteiger partial charge in [0, 0.05) is 12.2 Å². The van der Waals surface area contributed by atoms with Gasteiger partial charge in [-0.1, -0.05) is 12.1 Å². The molecule has 0 aliphatic carbocycles. The van der Waals surface area contributed by atoms with Crippen LogP contribution < -0.4 is 5.32 Å². The van der Waals surface area contributed by atoms with Gasteiger partial charge in [-0.25, -0.2) is 0 Å². The molecule has 3 rings (SSSR count). The molecule has 7 heteroatoms. The average Bonchev–Trinajstić information content (AvgIpc) is 3.26. The molecule has 4 nitrogen and oxygen atoms in total. The minimum atomic E-state index is -4.43. The standard InChI is InChI=1S/C18H18F3NO3/c1-11(14-6-3-9-24-14)22-17(23)16-8-7-15(25-16)12-4-2-5-13(10-12)18(19,20)21/h2,4-5,7-8,10-11,14H,3,6,9H2,1H3,(H,22,23)/t11-,14-/m1/s1. The summed E-state index contributed by atoms with van der Waals surface area (Å²) in [4.78, 5) is 12.2. The molecule has 2 aromatic rings. The molecule has 2 heterocycles. The molecule has 0 spiro atoms. The van der Waals surface area contributed by atoms with Crippen molar-refractivity contribution in [1.29, 1.82) is 0 Å². The predicted octanol–water partition coefficient (Wildman–Crippen LogP) is 4.26. The number of carbonyl (C=O) groups is 1. The lowest BCUT2D eigenvalue weighted by Gasteiger charge is -2.19. The van der Waals surface area contributed by atoms with Crippen molar-refractivity contribution in [2.24, 2.45) is 0 Å². The highest BCUT2D eigenvalue weighted by atomic mass is 19.4. The molecule has 1 amide bonds. The van der Waals surface area contributed by atoms with Crippen LogP contribution in [0.3, 0.4) is 0 Å². The van der Waals surface area contributed by atoms with Gasteiger partial charge in [0.15, 0.2) is 5.76 Å². The molecule has 0 radical (unpaired) electrons. The molecule has 1 aromatic heterocycles. The molecule has 0 unspecified atom stereocenters. The molecular formula is C18H18F3NO3. The lowest BCUT2D eigenvalue weighted by Crippen LogP contribution is -2.40. The van der Waals surface area contributed by atoms with E-state index >= 15 is 0 Å². The van der Waals surface area contributed by atoms with E-state index < -0.39 is 17.6 Å². The van der Waals surface area contributed by atoms with Crippen molar-refractivity contribution in [1.82, 2.24) is 5.32 Å². The Balaban J connectivity index is 1.72. The molecule has 2 atom stereocenters. The molecule has 1 aliphatic rings. The van der Waals surface area contributed by atoms with Crippen LogP contribution in [-0.2, 0) is 10.9 Å². The summed E-state index contributed by atoms with van der Waals surface area (Å²) in [5.74, 6) is -0.153. The van der Waals surface area contributed by atoms with Gasteiger partial charge in [0.1, 0.15) is 5.76 Å². The van der Waals surface area contributed by atoms with Crippen LogP contribution in [-0.4, -0.2) is 24.7 Å². The summed E-state index contributed by atoms with van der Waals surface area (Å²) < 4.78 is 49.4. The van der Waals surface area contributed by atoms with Crippen molar-refractivity contribution in [3.63, 3.8) is 0 Å². The van der Waals surface area contributed by atoms with Crippen LogP contribution in [0.4, 0.5) is 13.2 Å². The zero-order valence-electron chi connectivity index (χ0n) is 13.6. The van der Waals surface area contributed by atoms with Gasteiger partial charge in [0.05, 0.1) is 17.7 Å². The van der Waals surface area contributed by atoms with Crippen LogP contribution >= 0.6 is 0 Å². The zero-order valence-corrected chi connectivity index (χ0v) is 13.6. The highest BCUT2D eigenvalue weighted by molar-refractivity contribution is 5.92. The quantitative estimate of drug-likeness (QED) is 0.893. The van der Waals surface area contributed by atoms with E-state index in [4.69, 9.17) is 9.15 Å². The Kier molecular flexibility index (Phi) is 4.85. The fourth-order valence-corrected chi connectivity index (χ4v) is 2.83. The second-order valence-electron chi connectivity index (χ2n) is 6.06. The number of benzene rings is 1. The van der Waals surface area contributed by atoms with Gasteiger partial charge >= 0.3 is 6.18 Å². The monoisotopic (exact) mass is 353 g/mol. The first-order chi connectivity index (χ1) is 11.8. The number of amides is 1. The maximum Gasteiger partial charge on any atom is 0.416 e. The number of halogens is 3. The summed E-state index contributed by atoms with van der Waals surface area (Å²) in [6.45, 7) is 2.54. The van der Waals surface area contributed by atoms with E-state index in [1.807, 2.05) is 6.92 Å². The molecule has 1 saturated heterocycles. The van der Waals surface area contributed by atoms with Crippen LogP contribution in [0, 0.1) is 0 Å². The number of hydrogen-bond acceptors (Lipinski definition) is 3. The summed E-state index contributed by atoms with van der Waals surface area (Å²) in [6, 6.07) is 7.56. The molecule has 1 aliphatic heterocycles. The highest BCUT2D eigenvalue weighted by Crippen LogP contribution is 2.32. The largest absolute Gasteiger partial charge is 0.451 e. The Hall–Kier alpha value is -2.28. The molecule has 0 saturated carbocycles. The van der Waals surface area contributed by atoms with Crippen LogP contribution in [0.25, 0.3) is 11.3 Å². The predicted molar refractivity (Wildman–Crippen MR) is 85.0 cm³/mol. The van der Waals surface area contributed by atoms with Crippen LogP contribution in [0.15, 0.2) is 40.8 Å². The van der Waals surface area contributed by atoms with Crippen molar-refractivity contribution in [3.8, 4) is 11.3 Å². The summed E-state index contributed by atoms with van der Waals surface area (Å²) in [7, 11) is 0. The van der Waals surface area contributed by atoms with E-state index in [1.54, 1.807) is 0 Å². The third kappa shape index (κ3) is 4.04. The minimum Gasteiger partial charge on any atom is -0.451 e. The van der Waals surface area contributed by atoms with Crippen LogP contribution in [0.1, 0.15) is 35.9 Å². The summed E-state index contributed by atoms with van der Waals surface area (Å²) in [5.41, 5.74) is -0.500. The van der Waals surface area contributed by atoms with E-state index in [-0.39, 0.29) is 29.2 Å². The average molecular weight is 353 g/mol. The lowest BCUT2D eigenvalue weighted by atomic mass is 10.1. The van der Waals surface area contributed by atoms with Gasteiger partial charge in [-0.3, -0.25) is 4.79 Å². The number of alkyl halides is 3. The third-order valence-electron chi connectivity index (χ3n) is 4.19. The fraction of sp³-hybridized carbons (Fsp3) is 0.389. The Morgan fingerprint density at radius 1 is 1.28 bits per heavy atom. The summed E-state index contributed by atoms with van der Waals surface area (Å²) in [5, 5.41) is 2.80.